The summed E-state index contributed by atoms with van der Waals surface area (Å²) in [4.78, 5) is 28.6. The number of esters is 1. The zero-order valence-corrected chi connectivity index (χ0v) is 17.9. The number of hydrogen-bond acceptors (Lipinski definition) is 6. The molecule has 1 aliphatic rings. The molecule has 0 radical (unpaired) electrons. The van der Waals surface area contributed by atoms with Crippen molar-refractivity contribution in [2.75, 3.05) is 30.5 Å². The first-order chi connectivity index (χ1) is 15.0. The van der Waals surface area contributed by atoms with Crippen LogP contribution in [0.25, 0.3) is 0 Å². The van der Waals surface area contributed by atoms with E-state index in [2.05, 4.69) is 0 Å². The number of anilines is 2. The maximum Gasteiger partial charge on any atom is 0.406 e. The van der Waals surface area contributed by atoms with E-state index in [1.807, 2.05) is 30.3 Å². The van der Waals surface area contributed by atoms with Gasteiger partial charge in [-0.3, -0.25) is 4.79 Å². The van der Waals surface area contributed by atoms with Gasteiger partial charge in [-0.2, -0.15) is 18.4 Å². The van der Waals surface area contributed by atoms with Crippen molar-refractivity contribution in [1.82, 2.24) is 4.57 Å². The van der Waals surface area contributed by atoms with Crippen LogP contribution in [0.2, 0.25) is 0 Å². The summed E-state index contributed by atoms with van der Waals surface area (Å²) in [6.07, 6.45) is -4.45. The minimum Gasteiger partial charge on any atom is -0.454 e. The number of ether oxygens (including phenoxy) is 1. The molecule has 0 N–H and O–H groups in total. The van der Waals surface area contributed by atoms with E-state index in [9.17, 15) is 28.0 Å². The summed E-state index contributed by atoms with van der Waals surface area (Å²) in [5, 5.41) is 9.61. The third-order valence-corrected chi connectivity index (χ3v) is 5.32. The number of fused-ring (bicyclic) bond motifs is 1. The Hall–Kier alpha value is -3.74. The van der Waals surface area contributed by atoms with Gasteiger partial charge in [-0.25, -0.2) is 4.79 Å². The fourth-order valence-electron chi connectivity index (χ4n) is 3.77. The van der Waals surface area contributed by atoms with Crippen LogP contribution in [0.1, 0.15) is 21.7 Å². The van der Waals surface area contributed by atoms with Crippen molar-refractivity contribution in [3.8, 4) is 6.07 Å². The number of alkyl halides is 3. The molecule has 0 amide bonds. The van der Waals surface area contributed by atoms with Gasteiger partial charge >= 0.3 is 12.1 Å². The lowest BCUT2D eigenvalue weighted by Crippen LogP contribution is -2.28. The van der Waals surface area contributed by atoms with Crippen LogP contribution < -0.4 is 9.80 Å². The smallest absolute Gasteiger partial charge is 0.406 e. The topological polar surface area (TPSA) is 78.6 Å². The zero-order valence-electron chi connectivity index (χ0n) is 17.9. The van der Waals surface area contributed by atoms with Crippen molar-refractivity contribution >= 4 is 23.1 Å². The molecule has 0 spiro atoms. The fraction of sp³-hybridized carbons (Fsp3) is 0.318. The van der Waals surface area contributed by atoms with Crippen molar-refractivity contribution in [2.24, 2.45) is 0 Å². The number of aromatic nitrogens is 1. The van der Waals surface area contributed by atoms with E-state index in [4.69, 9.17) is 4.74 Å². The normalized spacial score (nSPS) is 13.1. The minimum absolute atomic E-state index is 0.0618. The third-order valence-electron chi connectivity index (χ3n) is 5.32. The third kappa shape index (κ3) is 4.19. The summed E-state index contributed by atoms with van der Waals surface area (Å²) in [5.41, 5.74) is 1.68. The van der Waals surface area contributed by atoms with Gasteiger partial charge in [-0.1, -0.05) is 12.1 Å². The summed E-state index contributed by atoms with van der Waals surface area (Å²) in [5.74, 6) is -1.30. The summed E-state index contributed by atoms with van der Waals surface area (Å²) < 4.78 is 44.3. The van der Waals surface area contributed by atoms with E-state index >= 15 is 0 Å². The SMILES string of the molecule is Cc1cc(C(=O)OCC(=O)C(C#N)=C2N(C)c3ccccc3N2C)c(C)n1CC(F)(F)F. The van der Waals surface area contributed by atoms with E-state index in [1.54, 1.807) is 23.9 Å². The molecule has 0 unspecified atom stereocenters. The predicted molar refractivity (Wildman–Crippen MR) is 111 cm³/mol. The van der Waals surface area contributed by atoms with Crippen molar-refractivity contribution in [1.29, 1.82) is 5.26 Å². The van der Waals surface area contributed by atoms with Crippen molar-refractivity contribution < 1.29 is 27.5 Å². The number of carbonyl (C=O) groups excluding carboxylic acids is 2. The number of para-hydroxylation sites is 2. The van der Waals surface area contributed by atoms with Crippen LogP contribution in [0, 0.1) is 25.2 Å². The van der Waals surface area contributed by atoms with Crippen LogP contribution in [0.4, 0.5) is 24.5 Å². The summed E-state index contributed by atoms with van der Waals surface area (Å²) in [6.45, 7) is 0.870. The Bertz CT molecular complexity index is 1130. The Labute approximate surface area is 182 Å². The quantitative estimate of drug-likeness (QED) is 0.396. The van der Waals surface area contributed by atoms with Crippen LogP contribution in [-0.4, -0.2) is 43.2 Å². The van der Waals surface area contributed by atoms with Gasteiger partial charge < -0.3 is 19.1 Å². The van der Waals surface area contributed by atoms with Crippen LogP contribution in [-0.2, 0) is 16.1 Å². The highest BCUT2D eigenvalue weighted by Crippen LogP contribution is 2.40. The molecule has 0 saturated carbocycles. The molecule has 0 saturated heterocycles. The average Bonchev–Trinajstić information content (AvgIpc) is 3.15. The van der Waals surface area contributed by atoms with Crippen molar-refractivity contribution in [2.45, 2.75) is 26.6 Å². The van der Waals surface area contributed by atoms with E-state index in [1.165, 1.54) is 19.9 Å². The Kier molecular flexibility index (Phi) is 6.03. The Balaban J connectivity index is 1.79. The summed E-state index contributed by atoms with van der Waals surface area (Å²) >= 11 is 0. The standard InChI is InChI=1S/C22H21F3N4O3/c1-13-9-15(14(2)29(13)12-22(23,24)25)21(31)32-11-19(30)16(10-26)20-27(3)17-7-5-6-8-18(17)28(20)4/h5-9H,11-12H2,1-4H3. The van der Waals surface area contributed by atoms with Gasteiger partial charge in [-0.15, -0.1) is 0 Å². The number of Topliss-reactive ketones (excluding diaryl/α,β-unsaturated/α-hetero) is 1. The fourth-order valence-corrected chi connectivity index (χ4v) is 3.77. The number of halogens is 3. The maximum atomic E-state index is 12.8. The largest absolute Gasteiger partial charge is 0.454 e. The van der Waals surface area contributed by atoms with Crippen LogP contribution in [0.15, 0.2) is 41.7 Å². The molecule has 2 aromatic rings. The number of carbonyl (C=O) groups is 2. The number of nitriles is 1. The maximum absolute atomic E-state index is 12.8. The van der Waals surface area contributed by atoms with E-state index in [0.29, 0.717) is 5.82 Å². The molecular formula is C22H21F3N4O3. The highest BCUT2D eigenvalue weighted by molar-refractivity contribution is 6.04. The number of rotatable bonds is 5. The Morgan fingerprint density at radius 3 is 2.16 bits per heavy atom. The highest BCUT2D eigenvalue weighted by atomic mass is 19.4. The predicted octanol–water partition coefficient (Wildman–Crippen LogP) is 3.71. The molecule has 32 heavy (non-hydrogen) atoms. The number of benzene rings is 1. The molecule has 0 fully saturated rings. The molecule has 1 aromatic carbocycles. The van der Waals surface area contributed by atoms with Gasteiger partial charge in [0.05, 0.1) is 16.9 Å². The second kappa shape index (κ2) is 8.42. The molecular weight excluding hydrogens is 425 g/mol. The van der Waals surface area contributed by atoms with Gasteiger partial charge in [0, 0.05) is 25.5 Å². The molecule has 2 heterocycles. The van der Waals surface area contributed by atoms with E-state index in [0.717, 1.165) is 15.9 Å². The molecule has 7 nitrogen and oxygen atoms in total. The summed E-state index contributed by atoms with van der Waals surface area (Å²) in [7, 11) is 3.42. The average molecular weight is 446 g/mol. The van der Waals surface area contributed by atoms with E-state index < -0.39 is 31.1 Å². The molecule has 168 valence electrons. The lowest BCUT2D eigenvalue weighted by atomic mass is 10.2. The first-order valence-corrected chi connectivity index (χ1v) is 9.61. The van der Waals surface area contributed by atoms with Crippen LogP contribution in [0.5, 0.6) is 0 Å². The first-order valence-electron chi connectivity index (χ1n) is 9.61. The van der Waals surface area contributed by atoms with Crippen molar-refractivity contribution in [3.05, 3.63) is 58.7 Å². The van der Waals surface area contributed by atoms with E-state index in [-0.39, 0.29) is 22.5 Å². The molecule has 0 aliphatic carbocycles. The number of ketones is 1. The zero-order chi connectivity index (χ0) is 23.8. The van der Waals surface area contributed by atoms with Crippen LogP contribution >= 0.6 is 0 Å². The highest BCUT2D eigenvalue weighted by Gasteiger charge is 2.33. The number of nitrogens with zero attached hydrogens (tertiary/aromatic N) is 4. The Morgan fingerprint density at radius 1 is 1.09 bits per heavy atom. The van der Waals surface area contributed by atoms with Crippen molar-refractivity contribution in [3.63, 3.8) is 0 Å². The van der Waals surface area contributed by atoms with Gasteiger partial charge in [-0.05, 0) is 32.0 Å². The van der Waals surface area contributed by atoms with Gasteiger partial charge in [0.15, 0.2) is 6.61 Å². The molecule has 0 bridgehead atoms. The minimum atomic E-state index is -4.45. The van der Waals surface area contributed by atoms with Gasteiger partial charge in [0.1, 0.15) is 24.0 Å². The lowest BCUT2D eigenvalue weighted by molar-refractivity contribution is -0.141. The molecule has 1 aliphatic heterocycles. The molecule has 3 rings (SSSR count). The first kappa shape index (κ1) is 22.9. The number of aryl methyl sites for hydroxylation is 1. The summed E-state index contributed by atoms with van der Waals surface area (Å²) in [6, 6.07) is 10.5. The monoisotopic (exact) mass is 446 g/mol. The lowest BCUT2D eigenvalue weighted by Gasteiger charge is -2.19. The molecule has 10 heteroatoms. The van der Waals surface area contributed by atoms with Crippen LogP contribution in [0.3, 0.4) is 0 Å². The molecule has 1 aromatic heterocycles. The van der Waals surface area contributed by atoms with Gasteiger partial charge in [0.2, 0.25) is 5.78 Å². The second-order valence-corrected chi connectivity index (χ2v) is 7.40. The second-order valence-electron chi connectivity index (χ2n) is 7.40. The van der Waals surface area contributed by atoms with Gasteiger partial charge in [0.25, 0.3) is 0 Å². The number of hydrogen-bond donors (Lipinski definition) is 0. The molecule has 0 atom stereocenters. The Morgan fingerprint density at radius 2 is 1.66 bits per heavy atom.